The molecule has 2 aromatic rings. The number of ether oxygens (including phenoxy) is 2. The van der Waals surface area contributed by atoms with E-state index in [-0.39, 0.29) is 17.2 Å². The first-order valence-electron chi connectivity index (χ1n) is 9.41. The van der Waals surface area contributed by atoms with E-state index >= 15 is 0 Å². The third-order valence-electron chi connectivity index (χ3n) is 4.90. The third kappa shape index (κ3) is 4.41. The van der Waals surface area contributed by atoms with Gasteiger partial charge in [0.05, 0.1) is 11.3 Å². The molecule has 1 amide bonds. The van der Waals surface area contributed by atoms with Crippen LogP contribution in [0.5, 0.6) is 11.5 Å². The predicted octanol–water partition coefficient (Wildman–Crippen LogP) is 3.19. The fourth-order valence-corrected chi connectivity index (χ4v) is 5.39. The first kappa shape index (κ1) is 20.2. The molecule has 0 aromatic heterocycles. The second-order valence-corrected chi connectivity index (χ2v) is 9.74. The second-order valence-electron chi connectivity index (χ2n) is 6.95. The van der Waals surface area contributed by atoms with Crippen molar-refractivity contribution < 1.29 is 22.7 Å². The Morgan fingerprint density at radius 3 is 2.31 bits per heavy atom. The standard InChI is InChI=1S/C20H21BrN2O5S/c21-17-13-19-18(27-9-10-28-19)11-14(17)12-20(24)22-15-3-5-16(6-4-15)29(25,26)23-7-1-2-8-23/h3-6,11,13H,1-2,7-10,12H2,(H,22,24). The first-order valence-corrected chi connectivity index (χ1v) is 11.6. The Morgan fingerprint density at radius 1 is 1.03 bits per heavy atom. The van der Waals surface area contributed by atoms with Crippen molar-refractivity contribution in [3.63, 3.8) is 0 Å². The number of anilines is 1. The number of nitrogens with zero attached hydrogens (tertiary/aromatic N) is 1. The lowest BCUT2D eigenvalue weighted by Crippen LogP contribution is -2.27. The van der Waals surface area contributed by atoms with Gasteiger partial charge in [0.1, 0.15) is 13.2 Å². The first-order chi connectivity index (χ1) is 13.9. The van der Waals surface area contributed by atoms with Crippen LogP contribution in [0.15, 0.2) is 45.8 Å². The summed E-state index contributed by atoms with van der Waals surface area (Å²) in [5.74, 6) is 1.07. The lowest BCUT2D eigenvalue weighted by atomic mass is 10.1. The van der Waals surface area contributed by atoms with E-state index in [1.54, 1.807) is 24.3 Å². The minimum absolute atomic E-state index is 0.144. The van der Waals surface area contributed by atoms with Gasteiger partial charge in [-0.1, -0.05) is 15.9 Å². The van der Waals surface area contributed by atoms with Crippen LogP contribution >= 0.6 is 15.9 Å². The summed E-state index contributed by atoms with van der Waals surface area (Å²) in [5, 5.41) is 2.81. The van der Waals surface area contributed by atoms with Gasteiger partial charge in [0, 0.05) is 23.2 Å². The van der Waals surface area contributed by atoms with Crippen LogP contribution in [0.3, 0.4) is 0 Å². The maximum atomic E-state index is 12.6. The summed E-state index contributed by atoms with van der Waals surface area (Å²) >= 11 is 3.47. The molecule has 2 aliphatic rings. The largest absolute Gasteiger partial charge is 0.486 e. The van der Waals surface area contributed by atoms with Crippen molar-refractivity contribution in [1.82, 2.24) is 4.31 Å². The summed E-state index contributed by atoms with van der Waals surface area (Å²) in [6.45, 7) is 2.10. The molecule has 2 heterocycles. The van der Waals surface area contributed by atoms with Crippen molar-refractivity contribution in [3.05, 3.63) is 46.4 Å². The minimum atomic E-state index is -3.46. The molecule has 0 bridgehead atoms. The van der Waals surface area contributed by atoms with Crippen LogP contribution in [-0.4, -0.2) is 44.9 Å². The number of amides is 1. The maximum absolute atomic E-state index is 12.6. The molecule has 0 saturated carbocycles. The molecular formula is C20H21BrN2O5S. The van der Waals surface area contributed by atoms with Gasteiger partial charge in [-0.3, -0.25) is 4.79 Å². The molecule has 0 aliphatic carbocycles. The Kier molecular flexibility index (Phi) is 5.80. The van der Waals surface area contributed by atoms with Gasteiger partial charge in [0.2, 0.25) is 15.9 Å². The number of benzene rings is 2. The molecule has 7 nitrogen and oxygen atoms in total. The number of carbonyl (C=O) groups is 1. The highest BCUT2D eigenvalue weighted by Gasteiger charge is 2.27. The molecule has 2 aromatic carbocycles. The van der Waals surface area contributed by atoms with E-state index in [0.29, 0.717) is 43.5 Å². The molecule has 9 heteroatoms. The number of nitrogens with one attached hydrogen (secondary N) is 1. The van der Waals surface area contributed by atoms with Crippen LogP contribution in [0.2, 0.25) is 0 Å². The Bertz CT molecular complexity index is 1020. The van der Waals surface area contributed by atoms with Gasteiger partial charge in [0.15, 0.2) is 11.5 Å². The molecule has 29 heavy (non-hydrogen) atoms. The number of sulfonamides is 1. The van der Waals surface area contributed by atoms with Crippen LogP contribution in [0.4, 0.5) is 5.69 Å². The summed E-state index contributed by atoms with van der Waals surface area (Å²) in [4.78, 5) is 12.7. The number of halogens is 1. The molecule has 0 spiro atoms. The van der Waals surface area contributed by atoms with E-state index in [2.05, 4.69) is 21.2 Å². The predicted molar refractivity (Wildman–Crippen MR) is 112 cm³/mol. The number of rotatable bonds is 5. The molecule has 1 fully saturated rings. The average molecular weight is 481 g/mol. The summed E-state index contributed by atoms with van der Waals surface area (Å²) in [6, 6.07) is 9.88. The topological polar surface area (TPSA) is 84.9 Å². The molecule has 1 saturated heterocycles. The molecule has 2 aliphatic heterocycles. The van der Waals surface area contributed by atoms with Gasteiger partial charge in [-0.2, -0.15) is 4.31 Å². The third-order valence-corrected chi connectivity index (χ3v) is 7.55. The normalized spacial score (nSPS) is 16.6. The molecule has 0 unspecified atom stereocenters. The van der Waals surface area contributed by atoms with Crippen LogP contribution in [-0.2, 0) is 21.2 Å². The van der Waals surface area contributed by atoms with Crippen LogP contribution in [0.25, 0.3) is 0 Å². The summed E-state index contributed by atoms with van der Waals surface area (Å²) in [7, 11) is -3.46. The van der Waals surface area contributed by atoms with Crippen molar-refractivity contribution in [2.75, 3.05) is 31.6 Å². The Labute approximate surface area is 178 Å². The number of hydrogen-bond donors (Lipinski definition) is 1. The Hall–Kier alpha value is -2.10. The second kappa shape index (κ2) is 8.33. The highest BCUT2D eigenvalue weighted by Crippen LogP contribution is 2.35. The number of carbonyl (C=O) groups excluding carboxylic acids is 1. The zero-order valence-corrected chi connectivity index (χ0v) is 18.1. The van der Waals surface area contributed by atoms with E-state index in [4.69, 9.17) is 9.47 Å². The van der Waals surface area contributed by atoms with Crippen molar-refractivity contribution in [3.8, 4) is 11.5 Å². The van der Waals surface area contributed by atoms with E-state index in [1.165, 1.54) is 16.4 Å². The van der Waals surface area contributed by atoms with Crippen molar-refractivity contribution >= 4 is 37.5 Å². The zero-order chi connectivity index (χ0) is 20.4. The molecule has 154 valence electrons. The van der Waals surface area contributed by atoms with Gasteiger partial charge >= 0.3 is 0 Å². The van der Waals surface area contributed by atoms with Crippen molar-refractivity contribution in [1.29, 1.82) is 0 Å². The summed E-state index contributed by atoms with van der Waals surface area (Å²) in [5.41, 5.74) is 1.32. The van der Waals surface area contributed by atoms with E-state index in [0.717, 1.165) is 22.9 Å². The molecule has 0 atom stereocenters. The molecule has 0 radical (unpaired) electrons. The van der Waals surface area contributed by atoms with Crippen LogP contribution < -0.4 is 14.8 Å². The van der Waals surface area contributed by atoms with Crippen molar-refractivity contribution in [2.45, 2.75) is 24.2 Å². The number of hydrogen-bond acceptors (Lipinski definition) is 5. The monoisotopic (exact) mass is 480 g/mol. The van der Waals surface area contributed by atoms with E-state index < -0.39 is 10.0 Å². The van der Waals surface area contributed by atoms with Gasteiger partial charge in [-0.05, 0) is 54.8 Å². The fraction of sp³-hybridized carbons (Fsp3) is 0.350. The van der Waals surface area contributed by atoms with E-state index in [9.17, 15) is 13.2 Å². The van der Waals surface area contributed by atoms with Gasteiger partial charge in [-0.15, -0.1) is 0 Å². The van der Waals surface area contributed by atoms with Crippen LogP contribution in [0, 0.1) is 0 Å². The Balaban J connectivity index is 1.42. The van der Waals surface area contributed by atoms with Gasteiger partial charge in [0.25, 0.3) is 0 Å². The smallest absolute Gasteiger partial charge is 0.243 e. The van der Waals surface area contributed by atoms with Gasteiger partial charge in [-0.25, -0.2) is 8.42 Å². The van der Waals surface area contributed by atoms with E-state index in [1.807, 2.05) is 0 Å². The minimum Gasteiger partial charge on any atom is -0.486 e. The van der Waals surface area contributed by atoms with Crippen molar-refractivity contribution in [2.24, 2.45) is 0 Å². The fourth-order valence-electron chi connectivity index (χ4n) is 3.41. The molecule has 1 N–H and O–H groups in total. The lowest BCUT2D eigenvalue weighted by Gasteiger charge is -2.20. The summed E-state index contributed by atoms with van der Waals surface area (Å²) in [6.07, 6.45) is 1.93. The molecule has 4 rings (SSSR count). The SMILES string of the molecule is O=C(Cc1cc2c(cc1Br)OCCO2)Nc1ccc(S(=O)(=O)N2CCCC2)cc1. The summed E-state index contributed by atoms with van der Waals surface area (Å²) < 4.78 is 38.5. The number of fused-ring (bicyclic) bond motifs is 1. The highest BCUT2D eigenvalue weighted by atomic mass is 79.9. The zero-order valence-electron chi connectivity index (χ0n) is 15.7. The lowest BCUT2D eigenvalue weighted by molar-refractivity contribution is -0.115. The van der Waals surface area contributed by atoms with Crippen LogP contribution in [0.1, 0.15) is 18.4 Å². The van der Waals surface area contributed by atoms with Gasteiger partial charge < -0.3 is 14.8 Å². The maximum Gasteiger partial charge on any atom is 0.243 e. The average Bonchev–Trinajstić information content (AvgIpc) is 3.25. The quantitative estimate of drug-likeness (QED) is 0.709. The Morgan fingerprint density at radius 2 is 1.66 bits per heavy atom. The molecular weight excluding hydrogens is 460 g/mol. The highest BCUT2D eigenvalue weighted by molar-refractivity contribution is 9.10.